The number of ether oxygens (including phenoxy) is 1. The molecule has 7 rings (SSSR count). The Bertz CT molecular complexity index is 1450. The molecule has 1 unspecified atom stereocenters. The van der Waals surface area contributed by atoms with Crippen LogP contribution in [-0.2, 0) is 28.1 Å². The average Bonchev–Trinajstić information content (AvgIpc) is 3.66. The van der Waals surface area contributed by atoms with Gasteiger partial charge in [0.2, 0.25) is 5.95 Å². The number of benzene rings is 2. The molecule has 2 aromatic carbocycles. The minimum atomic E-state index is -0.678. The number of anilines is 4. The first-order valence-electron chi connectivity index (χ1n) is 12.5. The second-order valence-corrected chi connectivity index (χ2v) is 10.4. The Morgan fingerprint density at radius 1 is 1.25 bits per heavy atom. The molecule has 8 nitrogen and oxygen atoms in total. The van der Waals surface area contributed by atoms with Crippen LogP contribution in [0.2, 0.25) is 0 Å². The van der Waals surface area contributed by atoms with Crippen LogP contribution in [0.25, 0.3) is 0 Å². The summed E-state index contributed by atoms with van der Waals surface area (Å²) in [7, 11) is 2.16. The van der Waals surface area contributed by atoms with Crippen molar-refractivity contribution in [2.75, 3.05) is 30.4 Å². The topological polar surface area (TPSA) is 94.4 Å². The molecule has 1 saturated heterocycles. The Kier molecular flexibility index (Phi) is 4.60. The summed E-state index contributed by atoms with van der Waals surface area (Å²) in [5.41, 5.74) is 6.87. The lowest BCUT2D eigenvalue weighted by atomic mass is 9.88. The third kappa shape index (κ3) is 3.34. The van der Waals surface area contributed by atoms with Gasteiger partial charge in [0.25, 0.3) is 0 Å². The van der Waals surface area contributed by atoms with Crippen LogP contribution in [0.4, 0.5) is 23.1 Å². The first-order chi connectivity index (χ1) is 17.5. The van der Waals surface area contributed by atoms with Crippen LogP contribution in [0.5, 0.6) is 0 Å². The molecule has 1 atom stereocenters. The van der Waals surface area contributed by atoms with Gasteiger partial charge < -0.3 is 19.9 Å². The van der Waals surface area contributed by atoms with Crippen molar-refractivity contribution in [3.05, 3.63) is 70.4 Å². The largest absolute Gasteiger partial charge is 0.451 e. The molecule has 1 saturated carbocycles. The van der Waals surface area contributed by atoms with Crippen LogP contribution in [-0.4, -0.2) is 41.0 Å². The molecule has 36 heavy (non-hydrogen) atoms. The van der Waals surface area contributed by atoms with Gasteiger partial charge in [0.15, 0.2) is 11.4 Å². The zero-order valence-electron chi connectivity index (χ0n) is 20.1. The average molecular weight is 479 g/mol. The number of fused-ring (bicyclic) bond motifs is 3. The number of nitrogens with one attached hydrogen (secondary N) is 1. The zero-order valence-corrected chi connectivity index (χ0v) is 20.1. The van der Waals surface area contributed by atoms with E-state index < -0.39 is 5.60 Å². The van der Waals surface area contributed by atoms with Crippen LogP contribution in [0.1, 0.15) is 53.0 Å². The number of rotatable bonds is 4. The fourth-order valence-electron chi connectivity index (χ4n) is 5.94. The molecule has 0 amide bonds. The maximum atomic E-state index is 11.8. The molecule has 3 aromatic rings. The number of nitriles is 1. The molecule has 180 valence electrons. The first-order valence-corrected chi connectivity index (χ1v) is 12.5. The number of esters is 1. The Labute approximate surface area is 209 Å². The van der Waals surface area contributed by atoms with Crippen molar-refractivity contribution in [1.29, 1.82) is 5.26 Å². The summed E-state index contributed by atoms with van der Waals surface area (Å²) in [6, 6.07) is 14.6. The van der Waals surface area contributed by atoms with E-state index in [0.717, 1.165) is 36.4 Å². The number of aromatic nitrogens is 2. The van der Waals surface area contributed by atoms with E-state index in [1.54, 1.807) is 6.20 Å². The molecule has 4 heterocycles. The predicted molar refractivity (Wildman–Crippen MR) is 134 cm³/mol. The number of carbonyl (C=O) groups excluding carboxylic acids is 1. The smallest absolute Gasteiger partial charge is 0.311 e. The first kappa shape index (κ1) is 21.3. The SMILES string of the molecule is CN1CCc2c(cc(Nc3ncc(C#N)c(N4CC5(CC(=O)O5)c5ccccc54)n3)cc2C2CC2)C1. The Balaban J connectivity index is 1.25. The van der Waals surface area contributed by atoms with Crippen molar-refractivity contribution in [3.63, 3.8) is 0 Å². The molecular weight excluding hydrogens is 452 g/mol. The van der Waals surface area contributed by atoms with E-state index in [2.05, 4.69) is 40.5 Å². The predicted octanol–water partition coefficient (Wildman–Crippen LogP) is 4.25. The highest BCUT2D eigenvalue weighted by atomic mass is 16.6. The van der Waals surface area contributed by atoms with E-state index in [0.29, 0.717) is 36.2 Å². The second-order valence-electron chi connectivity index (χ2n) is 10.4. The van der Waals surface area contributed by atoms with E-state index >= 15 is 0 Å². The molecule has 1 spiro atoms. The molecular formula is C28H26N6O2. The summed E-state index contributed by atoms with van der Waals surface area (Å²) >= 11 is 0. The molecule has 3 aliphatic heterocycles. The number of likely N-dealkylation sites (N-methyl/N-ethyl adjacent to an activating group) is 1. The van der Waals surface area contributed by atoms with Gasteiger partial charge in [0.1, 0.15) is 11.6 Å². The Hall–Kier alpha value is -3.96. The van der Waals surface area contributed by atoms with Gasteiger partial charge in [0.05, 0.1) is 19.2 Å². The molecule has 2 fully saturated rings. The highest BCUT2D eigenvalue weighted by Gasteiger charge is 2.55. The van der Waals surface area contributed by atoms with Gasteiger partial charge in [-0.25, -0.2) is 4.98 Å². The molecule has 4 aliphatic rings. The minimum Gasteiger partial charge on any atom is -0.451 e. The van der Waals surface area contributed by atoms with Crippen molar-refractivity contribution in [1.82, 2.24) is 14.9 Å². The molecule has 0 radical (unpaired) electrons. The second kappa shape index (κ2) is 7.77. The molecule has 1 N–H and O–H groups in total. The monoisotopic (exact) mass is 478 g/mol. The highest BCUT2D eigenvalue weighted by Crippen LogP contribution is 2.51. The summed E-state index contributed by atoms with van der Waals surface area (Å²) < 4.78 is 5.64. The van der Waals surface area contributed by atoms with Crippen LogP contribution < -0.4 is 10.2 Å². The van der Waals surface area contributed by atoms with Gasteiger partial charge >= 0.3 is 5.97 Å². The Morgan fingerprint density at radius 2 is 2.08 bits per heavy atom. The molecule has 1 aromatic heterocycles. The third-order valence-electron chi connectivity index (χ3n) is 7.82. The normalized spacial score (nSPS) is 22.4. The zero-order chi connectivity index (χ0) is 24.4. The van der Waals surface area contributed by atoms with Gasteiger partial charge in [-0.2, -0.15) is 10.2 Å². The summed E-state index contributed by atoms with van der Waals surface area (Å²) in [5, 5.41) is 13.3. The van der Waals surface area contributed by atoms with E-state index in [1.807, 2.05) is 29.2 Å². The van der Waals surface area contributed by atoms with Crippen molar-refractivity contribution in [2.45, 2.75) is 43.7 Å². The van der Waals surface area contributed by atoms with Crippen molar-refractivity contribution in [3.8, 4) is 6.07 Å². The molecule has 0 bridgehead atoms. The third-order valence-corrected chi connectivity index (χ3v) is 7.82. The van der Waals surface area contributed by atoms with Crippen molar-refractivity contribution < 1.29 is 9.53 Å². The minimum absolute atomic E-state index is 0.207. The van der Waals surface area contributed by atoms with Gasteiger partial charge in [-0.15, -0.1) is 0 Å². The fourth-order valence-corrected chi connectivity index (χ4v) is 5.94. The van der Waals surface area contributed by atoms with Crippen LogP contribution in [0.15, 0.2) is 42.6 Å². The summed E-state index contributed by atoms with van der Waals surface area (Å²) in [5.74, 6) is 1.41. The maximum absolute atomic E-state index is 11.8. The quantitative estimate of drug-likeness (QED) is 0.556. The van der Waals surface area contributed by atoms with E-state index in [1.165, 1.54) is 29.5 Å². The van der Waals surface area contributed by atoms with Gasteiger partial charge in [-0.1, -0.05) is 18.2 Å². The highest BCUT2D eigenvalue weighted by molar-refractivity contribution is 5.84. The van der Waals surface area contributed by atoms with Crippen molar-refractivity contribution in [2.24, 2.45) is 0 Å². The van der Waals surface area contributed by atoms with Crippen LogP contribution in [0, 0.1) is 11.3 Å². The lowest BCUT2D eigenvalue weighted by molar-refractivity contribution is -0.190. The van der Waals surface area contributed by atoms with E-state index in [4.69, 9.17) is 9.72 Å². The number of para-hydroxylation sites is 1. The maximum Gasteiger partial charge on any atom is 0.311 e. The van der Waals surface area contributed by atoms with Crippen LogP contribution >= 0.6 is 0 Å². The number of carbonyl (C=O) groups is 1. The van der Waals surface area contributed by atoms with Crippen LogP contribution in [0.3, 0.4) is 0 Å². The van der Waals surface area contributed by atoms with E-state index in [9.17, 15) is 10.1 Å². The Morgan fingerprint density at radius 3 is 2.86 bits per heavy atom. The number of nitrogens with zero attached hydrogens (tertiary/aromatic N) is 5. The fraction of sp³-hybridized carbons (Fsp3) is 0.357. The lowest BCUT2D eigenvalue weighted by Crippen LogP contribution is -2.47. The number of hydrogen-bond acceptors (Lipinski definition) is 8. The van der Waals surface area contributed by atoms with Gasteiger partial charge in [-0.05, 0) is 67.1 Å². The number of hydrogen-bond donors (Lipinski definition) is 1. The van der Waals surface area contributed by atoms with Crippen molar-refractivity contribution >= 4 is 29.1 Å². The van der Waals surface area contributed by atoms with Gasteiger partial charge in [0, 0.05) is 30.0 Å². The molecule has 1 aliphatic carbocycles. The summed E-state index contributed by atoms with van der Waals surface area (Å²) in [4.78, 5) is 25.4. The lowest BCUT2D eigenvalue weighted by Gasteiger charge is -2.37. The van der Waals surface area contributed by atoms with E-state index in [-0.39, 0.29) is 5.97 Å². The standard InChI is InChI=1S/C28H26N6O2/c1-33-9-8-21-18(15-33)10-20(11-22(21)17-6-7-17)31-27-30-14-19(13-29)26(32-27)34-16-28(12-25(35)36-28)23-4-2-3-5-24(23)34/h2-5,10-11,14,17H,6-9,12,15-16H2,1H3,(H,30,31,32). The summed E-state index contributed by atoms with van der Waals surface area (Å²) in [6.07, 6.45) is 5.50. The molecule has 8 heteroatoms. The summed E-state index contributed by atoms with van der Waals surface area (Å²) in [6.45, 7) is 2.46. The van der Waals surface area contributed by atoms with Gasteiger partial charge in [-0.3, -0.25) is 4.79 Å².